The van der Waals surface area contributed by atoms with Crippen LogP contribution in [0.4, 0.5) is 0 Å². The van der Waals surface area contributed by atoms with Gasteiger partial charge in [0.05, 0.1) is 0 Å². The molecule has 92 valence electrons. The lowest BCUT2D eigenvalue weighted by atomic mass is 10.4. The maximum atomic E-state index is 11.9. The zero-order valence-corrected chi connectivity index (χ0v) is 10.1. The van der Waals surface area contributed by atoms with Gasteiger partial charge < -0.3 is 5.32 Å². The van der Waals surface area contributed by atoms with E-state index in [-0.39, 0.29) is 5.69 Å². The molecule has 2 aromatic rings. The monoisotopic (exact) mass is 234 g/mol. The molecule has 0 bridgehead atoms. The van der Waals surface area contributed by atoms with Crippen LogP contribution in [0.3, 0.4) is 0 Å². The normalized spacial score (nSPS) is 11.1. The Balaban J connectivity index is 1.99. The van der Waals surface area contributed by atoms with E-state index in [1.807, 2.05) is 18.2 Å². The summed E-state index contributed by atoms with van der Waals surface area (Å²) in [5, 5.41) is 7.58. The van der Waals surface area contributed by atoms with Crippen LogP contribution in [-0.4, -0.2) is 27.3 Å². The van der Waals surface area contributed by atoms with Crippen molar-refractivity contribution in [2.24, 2.45) is 0 Å². The van der Waals surface area contributed by atoms with Crippen molar-refractivity contribution in [2.75, 3.05) is 13.1 Å². The zero-order valence-electron chi connectivity index (χ0n) is 10.1. The standard InChI is InChI=1S/C12H18N4O/c1-2-7-13-8-5-10-16-12(17)15-9-4-3-6-11(15)14-16/h3-4,6,9,13H,2,5,7-8,10H2,1H3. The van der Waals surface area contributed by atoms with Crippen molar-refractivity contribution in [2.45, 2.75) is 26.3 Å². The molecule has 0 saturated heterocycles. The molecule has 0 fully saturated rings. The summed E-state index contributed by atoms with van der Waals surface area (Å²) in [6.45, 7) is 4.76. The highest BCUT2D eigenvalue weighted by atomic mass is 16.2. The average Bonchev–Trinajstić information content (AvgIpc) is 2.67. The number of nitrogens with zero attached hydrogens (tertiary/aromatic N) is 3. The van der Waals surface area contributed by atoms with Gasteiger partial charge in [-0.25, -0.2) is 9.48 Å². The van der Waals surface area contributed by atoms with Crippen molar-refractivity contribution >= 4 is 5.65 Å². The molecular weight excluding hydrogens is 216 g/mol. The molecule has 2 rings (SSSR count). The summed E-state index contributed by atoms with van der Waals surface area (Å²) in [7, 11) is 0. The average molecular weight is 234 g/mol. The Morgan fingerprint density at radius 2 is 2.24 bits per heavy atom. The van der Waals surface area contributed by atoms with Gasteiger partial charge in [-0.05, 0) is 38.1 Å². The van der Waals surface area contributed by atoms with E-state index in [1.54, 1.807) is 10.6 Å². The predicted molar refractivity (Wildman–Crippen MR) is 67.2 cm³/mol. The molecule has 0 aliphatic carbocycles. The number of pyridine rings is 1. The molecule has 0 radical (unpaired) electrons. The second-order valence-corrected chi connectivity index (χ2v) is 4.04. The van der Waals surface area contributed by atoms with E-state index in [1.165, 1.54) is 4.68 Å². The molecule has 0 amide bonds. The van der Waals surface area contributed by atoms with E-state index in [0.717, 1.165) is 25.9 Å². The lowest BCUT2D eigenvalue weighted by Crippen LogP contribution is -2.24. The third-order valence-electron chi connectivity index (χ3n) is 2.64. The molecule has 0 atom stereocenters. The number of aromatic nitrogens is 3. The number of hydrogen-bond donors (Lipinski definition) is 1. The minimum atomic E-state index is -0.0592. The summed E-state index contributed by atoms with van der Waals surface area (Å²) in [4.78, 5) is 11.9. The Kier molecular flexibility index (Phi) is 3.93. The van der Waals surface area contributed by atoms with Crippen LogP contribution in [0, 0.1) is 0 Å². The third-order valence-corrected chi connectivity index (χ3v) is 2.64. The Hall–Kier alpha value is -1.62. The minimum absolute atomic E-state index is 0.0592. The summed E-state index contributed by atoms with van der Waals surface area (Å²) in [6.07, 6.45) is 3.80. The first-order valence-electron chi connectivity index (χ1n) is 6.08. The second-order valence-electron chi connectivity index (χ2n) is 4.04. The number of fused-ring (bicyclic) bond motifs is 1. The fourth-order valence-corrected chi connectivity index (χ4v) is 1.77. The Labute approximate surface area is 100 Å². The van der Waals surface area contributed by atoms with Gasteiger partial charge in [0.1, 0.15) is 0 Å². The molecule has 5 nitrogen and oxygen atoms in total. The lowest BCUT2D eigenvalue weighted by Gasteiger charge is -2.01. The maximum Gasteiger partial charge on any atom is 0.350 e. The fraction of sp³-hybridized carbons (Fsp3) is 0.500. The van der Waals surface area contributed by atoms with Crippen molar-refractivity contribution in [1.82, 2.24) is 19.5 Å². The van der Waals surface area contributed by atoms with Gasteiger partial charge in [-0.1, -0.05) is 13.0 Å². The first-order valence-corrected chi connectivity index (χ1v) is 6.08. The van der Waals surface area contributed by atoms with Crippen molar-refractivity contribution < 1.29 is 0 Å². The van der Waals surface area contributed by atoms with Crippen LogP contribution in [0.25, 0.3) is 5.65 Å². The largest absolute Gasteiger partial charge is 0.350 e. The molecular formula is C12H18N4O. The van der Waals surface area contributed by atoms with Gasteiger partial charge in [-0.3, -0.25) is 4.40 Å². The molecule has 0 saturated carbocycles. The van der Waals surface area contributed by atoms with E-state index in [0.29, 0.717) is 12.2 Å². The number of hydrogen-bond acceptors (Lipinski definition) is 3. The summed E-state index contributed by atoms with van der Waals surface area (Å²) >= 11 is 0. The van der Waals surface area contributed by atoms with Gasteiger partial charge in [0.25, 0.3) is 0 Å². The van der Waals surface area contributed by atoms with Gasteiger partial charge in [0, 0.05) is 12.7 Å². The molecule has 5 heteroatoms. The second kappa shape index (κ2) is 5.63. The van der Waals surface area contributed by atoms with Gasteiger partial charge in [-0.2, -0.15) is 0 Å². The predicted octanol–water partition coefficient (Wildman–Crippen LogP) is 0.886. The van der Waals surface area contributed by atoms with Gasteiger partial charge >= 0.3 is 5.69 Å². The molecule has 0 aliphatic heterocycles. The van der Waals surface area contributed by atoms with Crippen molar-refractivity contribution in [3.63, 3.8) is 0 Å². The van der Waals surface area contributed by atoms with Gasteiger partial charge in [0.15, 0.2) is 5.65 Å². The summed E-state index contributed by atoms with van der Waals surface area (Å²) in [5.41, 5.74) is 0.648. The van der Waals surface area contributed by atoms with E-state index < -0.39 is 0 Å². The summed E-state index contributed by atoms with van der Waals surface area (Å²) in [5.74, 6) is 0. The SMILES string of the molecule is CCCNCCCn1nc2ccccn2c1=O. The zero-order chi connectivity index (χ0) is 12.1. The van der Waals surface area contributed by atoms with E-state index in [4.69, 9.17) is 0 Å². The Bertz CT molecular complexity index is 529. The number of rotatable bonds is 6. The van der Waals surface area contributed by atoms with Crippen LogP contribution in [0.15, 0.2) is 29.2 Å². The fourth-order valence-electron chi connectivity index (χ4n) is 1.77. The van der Waals surface area contributed by atoms with Crippen LogP contribution in [-0.2, 0) is 6.54 Å². The van der Waals surface area contributed by atoms with Gasteiger partial charge in [0.2, 0.25) is 0 Å². The van der Waals surface area contributed by atoms with Crippen molar-refractivity contribution in [3.8, 4) is 0 Å². The van der Waals surface area contributed by atoms with Crippen molar-refractivity contribution in [1.29, 1.82) is 0 Å². The molecule has 17 heavy (non-hydrogen) atoms. The smallest absolute Gasteiger partial charge is 0.317 e. The molecule has 0 spiro atoms. The summed E-state index contributed by atoms with van der Waals surface area (Å²) in [6, 6.07) is 5.56. The summed E-state index contributed by atoms with van der Waals surface area (Å²) < 4.78 is 3.10. The molecule has 0 unspecified atom stereocenters. The topological polar surface area (TPSA) is 51.3 Å². The molecule has 2 aromatic heterocycles. The highest BCUT2D eigenvalue weighted by molar-refractivity contribution is 5.35. The first kappa shape index (κ1) is 11.9. The minimum Gasteiger partial charge on any atom is -0.317 e. The van der Waals surface area contributed by atoms with E-state index in [2.05, 4.69) is 17.3 Å². The van der Waals surface area contributed by atoms with Gasteiger partial charge in [-0.15, -0.1) is 5.10 Å². The Morgan fingerprint density at radius 1 is 1.35 bits per heavy atom. The number of aryl methyl sites for hydroxylation is 1. The van der Waals surface area contributed by atoms with Crippen molar-refractivity contribution in [3.05, 3.63) is 34.9 Å². The van der Waals surface area contributed by atoms with E-state index >= 15 is 0 Å². The van der Waals surface area contributed by atoms with Crippen LogP contribution in [0.1, 0.15) is 19.8 Å². The maximum absolute atomic E-state index is 11.9. The molecule has 1 N–H and O–H groups in total. The van der Waals surface area contributed by atoms with Crippen LogP contribution in [0.5, 0.6) is 0 Å². The number of nitrogens with one attached hydrogen (secondary N) is 1. The molecule has 2 heterocycles. The van der Waals surface area contributed by atoms with Crippen LogP contribution in [0.2, 0.25) is 0 Å². The van der Waals surface area contributed by atoms with Crippen LogP contribution < -0.4 is 11.0 Å². The lowest BCUT2D eigenvalue weighted by molar-refractivity contribution is 0.530. The quantitative estimate of drug-likeness (QED) is 0.755. The van der Waals surface area contributed by atoms with Crippen LogP contribution >= 0.6 is 0 Å². The molecule has 0 aromatic carbocycles. The first-order chi connectivity index (χ1) is 8.33. The van der Waals surface area contributed by atoms with E-state index in [9.17, 15) is 4.79 Å². The highest BCUT2D eigenvalue weighted by Gasteiger charge is 2.04. The highest BCUT2D eigenvalue weighted by Crippen LogP contribution is 1.95. The molecule has 0 aliphatic rings. The third kappa shape index (κ3) is 2.74. The Morgan fingerprint density at radius 3 is 3.00 bits per heavy atom.